The molecule has 4 amide bonds. The van der Waals surface area contributed by atoms with Crippen LogP contribution in [0.4, 0.5) is 14.4 Å². The maximum absolute atomic E-state index is 12.6. The molecule has 0 spiro atoms. The molecule has 234 valence electrons. The minimum absolute atomic E-state index is 0.0193. The maximum atomic E-state index is 12.6. The molecule has 3 aromatic carbocycles. The van der Waals surface area contributed by atoms with Crippen molar-refractivity contribution < 1.29 is 33.4 Å². The molecule has 0 aromatic heterocycles. The van der Waals surface area contributed by atoms with Crippen molar-refractivity contribution in [1.82, 2.24) is 21.3 Å². The van der Waals surface area contributed by atoms with Crippen LogP contribution in [-0.4, -0.2) is 49.9 Å². The highest BCUT2D eigenvalue weighted by Crippen LogP contribution is 2.06. The summed E-state index contributed by atoms with van der Waals surface area (Å²) in [5.41, 5.74) is 2.61. The summed E-state index contributed by atoms with van der Waals surface area (Å²) in [5.74, 6) is -0.264. The maximum Gasteiger partial charge on any atom is 0.407 e. The van der Waals surface area contributed by atoms with Crippen LogP contribution in [0.25, 0.3) is 0 Å². The molecule has 44 heavy (non-hydrogen) atoms. The quantitative estimate of drug-likeness (QED) is 0.128. The Hall–Kier alpha value is -5.06. The number of hydrogen-bond donors (Lipinski definition) is 4. The second kappa shape index (κ2) is 20.0. The fourth-order valence-electron chi connectivity index (χ4n) is 4.05. The number of alkyl carbamates (subject to hydrolysis) is 3. The van der Waals surface area contributed by atoms with E-state index in [0.717, 1.165) is 16.7 Å². The summed E-state index contributed by atoms with van der Waals surface area (Å²) in [4.78, 5) is 49.0. The van der Waals surface area contributed by atoms with Crippen LogP contribution in [0.1, 0.15) is 42.4 Å². The third-order valence-electron chi connectivity index (χ3n) is 6.34. The van der Waals surface area contributed by atoms with Gasteiger partial charge in [0.2, 0.25) is 5.91 Å². The molecule has 11 heteroatoms. The fourth-order valence-corrected chi connectivity index (χ4v) is 4.05. The Morgan fingerprint density at radius 1 is 0.523 bits per heavy atom. The van der Waals surface area contributed by atoms with E-state index in [1.807, 2.05) is 91.0 Å². The van der Waals surface area contributed by atoms with Gasteiger partial charge in [-0.2, -0.15) is 0 Å². The van der Waals surface area contributed by atoms with Crippen LogP contribution in [0.3, 0.4) is 0 Å². The third-order valence-corrected chi connectivity index (χ3v) is 6.34. The Morgan fingerprint density at radius 2 is 0.932 bits per heavy atom. The predicted molar refractivity (Wildman–Crippen MR) is 164 cm³/mol. The van der Waals surface area contributed by atoms with Crippen LogP contribution in [0.15, 0.2) is 91.0 Å². The van der Waals surface area contributed by atoms with Crippen LogP contribution >= 0.6 is 0 Å². The highest BCUT2D eigenvalue weighted by atomic mass is 16.6. The number of carbonyl (C=O) groups excluding carboxylic acids is 4. The van der Waals surface area contributed by atoms with E-state index in [9.17, 15) is 19.2 Å². The summed E-state index contributed by atoms with van der Waals surface area (Å²) in [6, 6.07) is 27.5. The fraction of sp³-hybridized carbons (Fsp3) is 0.333. The van der Waals surface area contributed by atoms with E-state index in [2.05, 4.69) is 21.3 Å². The van der Waals surface area contributed by atoms with Crippen LogP contribution < -0.4 is 21.3 Å². The SMILES string of the molecule is O=C(C[C@@H](CCCNC(=O)OCc1ccccc1)NC(=O)OCc1ccccc1)NCCCNC(=O)OCc1ccccc1. The van der Waals surface area contributed by atoms with Crippen LogP contribution in [0, 0.1) is 0 Å². The molecule has 0 heterocycles. The number of rotatable bonds is 17. The molecule has 3 rings (SSSR count). The molecule has 0 aliphatic carbocycles. The van der Waals surface area contributed by atoms with Crippen molar-refractivity contribution in [3.05, 3.63) is 108 Å². The van der Waals surface area contributed by atoms with Crippen LogP contribution in [-0.2, 0) is 38.8 Å². The number of nitrogens with one attached hydrogen (secondary N) is 4. The molecule has 1 atom stereocenters. The highest BCUT2D eigenvalue weighted by Gasteiger charge is 2.17. The van der Waals surface area contributed by atoms with Crippen LogP contribution in [0.2, 0.25) is 0 Å². The van der Waals surface area contributed by atoms with E-state index >= 15 is 0 Å². The summed E-state index contributed by atoms with van der Waals surface area (Å²) in [6.45, 7) is 1.40. The molecule has 11 nitrogen and oxygen atoms in total. The molecule has 0 aliphatic heterocycles. The summed E-state index contributed by atoms with van der Waals surface area (Å²) in [7, 11) is 0. The van der Waals surface area contributed by atoms with E-state index < -0.39 is 24.3 Å². The van der Waals surface area contributed by atoms with Crippen LogP contribution in [0.5, 0.6) is 0 Å². The average Bonchev–Trinajstić information content (AvgIpc) is 3.05. The van der Waals surface area contributed by atoms with Crippen molar-refractivity contribution >= 4 is 24.2 Å². The second-order valence-electron chi connectivity index (χ2n) is 9.93. The summed E-state index contributed by atoms with van der Waals surface area (Å²) >= 11 is 0. The lowest BCUT2D eigenvalue weighted by molar-refractivity contribution is -0.121. The normalized spacial score (nSPS) is 11.0. The lowest BCUT2D eigenvalue weighted by atomic mass is 10.1. The monoisotopic (exact) mass is 604 g/mol. The molecule has 0 saturated heterocycles. The van der Waals surface area contributed by atoms with E-state index in [-0.39, 0.29) is 32.1 Å². The standard InChI is InChI=1S/C33H40N4O7/c38-30(34-20-11-21-36-32(40)43-24-27-14-6-2-7-15-27)22-29(37-33(41)44-25-28-16-8-3-9-17-28)18-10-19-35-31(39)42-23-26-12-4-1-5-13-26/h1-9,12-17,29H,10-11,18-25H2,(H,34,38)(H,35,39)(H,36,40)(H,37,41)/t29-/m1/s1. The summed E-state index contributed by atoms with van der Waals surface area (Å²) < 4.78 is 15.7. The van der Waals surface area contributed by atoms with Crippen molar-refractivity contribution in [2.45, 2.75) is 51.5 Å². The molecule has 0 saturated carbocycles. The summed E-state index contributed by atoms with van der Waals surface area (Å²) in [5, 5.41) is 10.9. The Balaban J connectivity index is 1.35. The zero-order valence-electron chi connectivity index (χ0n) is 24.7. The summed E-state index contributed by atoms with van der Waals surface area (Å²) in [6.07, 6.45) is -0.287. The lowest BCUT2D eigenvalue weighted by Crippen LogP contribution is -2.40. The highest BCUT2D eigenvalue weighted by molar-refractivity contribution is 5.77. The topological polar surface area (TPSA) is 144 Å². The van der Waals surface area contributed by atoms with E-state index in [0.29, 0.717) is 38.9 Å². The van der Waals surface area contributed by atoms with Gasteiger partial charge in [-0.1, -0.05) is 91.0 Å². The first kappa shape index (κ1) is 33.4. The Labute approximate surface area is 257 Å². The van der Waals surface area contributed by atoms with Crippen molar-refractivity contribution in [2.75, 3.05) is 19.6 Å². The predicted octanol–water partition coefficient (Wildman–Crippen LogP) is 4.81. The largest absolute Gasteiger partial charge is 0.445 e. The van der Waals surface area contributed by atoms with Gasteiger partial charge in [-0.25, -0.2) is 14.4 Å². The van der Waals surface area contributed by atoms with Gasteiger partial charge >= 0.3 is 18.3 Å². The van der Waals surface area contributed by atoms with E-state index in [4.69, 9.17) is 14.2 Å². The van der Waals surface area contributed by atoms with Gasteiger partial charge in [-0.05, 0) is 36.0 Å². The van der Waals surface area contributed by atoms with Crippen molar-refractivity contribution in [1.29, 1.82) is 0 Å². The molecule has 0 radical (unpaired) electrons. The minimum atomic E-state index is -0.639. The minimum Gasteiger partial charge on any atom is -0.445 e. The zero-order chi connectivity index (χ0) is 31.2. The van der Waals surface area contributed by atoms with Gasteiger partial charge in [-0.3, -0.25) is 4.79 Å². The Kier molecular flexibility index (Phi) is 15.2. The zero-order valence-corrected chi connectivity index (χ0v) is 24.7. The molecule has 0 bridgehead atoms. The molecule has 0 aliphatic rings. The first-order chi connectivity index (χ1) is 21.5. The Bertz CT molecular complexity index is 1280. The van der Waals surface area contributed by atoms with E-state index in [1.54, 1.807) is 0 Å². The van der Waals surface area contributed by atoms with Gasteiger partial charge in [0.1, 0.15) is 19.8 Å². The average molecular weight is 605 g/mol. The molecule has 4 N–H and O–H groups in total. The van der Waals surface area contributed by atoms with Crippen molar-refractivity contribution in [3.8, 4) is 0 Å². The second-order valence-corrected chi connectivity index (χ2v) is 9.93. The molecular weight excluding hydrogens is 564 g/mol. The van der Waals surface area contributed by atoms with Gasteiger partial charge in [0, 0.05) is 32.1 Å². The smallest absolute Gasteiger partial charge is 0.407 e. The van der Waals surface area contributed by atoms with Gasteiger partial charge < -0.3 is 35.5 Å². The van der Waals surface area contributed by atoms with Gasteiger partial charge in [0.05, 0.1) is 0 Å². The number of benzene rings is 3. The van der Waals surface area contributed by atoms with Crippen molar-refractivity contribution in [2.24, 2.45) is 0 Å². The first-order valence-electron chi connectivity index (χ1n) is 14.6. The first-order valence-corrected chi connectivity index (χ1v) is 14.6. The number of carbonyl (C=O) groups is 4. The van der Waals surface area contributed by atoms with Gasteiger partial charge in [-0.15, -0.1) is 0 Å². The number of ether oxygens (including phenoxy) is 3. The van der Waals surface area contributed by atoms with E-state index in [1.165, 1.54) is 0 Å². The molecule has 3 aromatic rings. The molecule has 0 unspecified atom stereocenters. The lowest BCUT2D eigenvalue weighted by Gasteiger charge is -2.19. The third kappa shape index (κ3) is 14.7. The van der Waals surface area contributed by atoms with Crippen molar-refractivity contribution in [3.63, 3.8) is 0 Å². The Morgan fingerprint density at radius 3 is 1.41 bits per heavy atom. The van der Waals surface area contributed by atoms with Gasteiger partial charge in [0.15, 0.2) is 0 Å². The number of hydrogen-bond acceptors (Lipinski definition) is 7. The number of amides is 4. The van der Waals surface area contributed by atoms with Gasteiger partial charge in [0.25, 0.3) is 0 Å². The molecular formula is C33H40N4O7. The molecule has 0 fully saturated rings.